The lowest BCUT2D eigenvalue weighted by atomic mass is 10.2. The molecule has 1 fully saturated rings. The van der Waals surface area contributed by atoms with Crippen LogP contribution in [-0.4, -0.2) is 62.1 Å². The molecule has 1 atom stereocenters. The lowest BCUT2D eigenvalue weighted by Gasteiger charge is -2.31. The first kappa shape index (κ1) is 10.5. The molecule has 0 spiro atoms. The van der Waals surface area contributed by atoms with Crippen LogP contribution in [0.4, 0.5) is 0 Å². The highest BCUT2D eigenvalue weighted by molar-refractivity contribution is 5.81. The minimum atomic E-state index is -0.0295. The molecule has 0 N–H and O–H groups in total. The molecule has 1 aliphatic rings. The zero-order valence-electron chi connectivity index (χ0n) is 8.62. The molecule has 1 amide bonds. The first-order valence-electron chi connectivity index (χ1n) is 4.66. The number of carbonyl (C=O) groups excluding carboxylic acids is 1. The number of amides is 1. The van der Waals surface area contributed by atoms with E-state index in [0.717, 1.165) is 13.1 Å². The average molecular weight is 186 g/mol. The molecule has 0 bridgehead atoms. The van der Waals surface area contributed by atoms with Crippen LogP contribution in [0.3, 0.4) is 0 Å². The summed E-state index contributed by atoms with van der Waals surface area (Å²) in [6.45, 7) is 4.74. The molecule has 0 aromatic carbocycles. The van der Waals surface area contributed by atoms with Gasteiger partial charge in [-0.2, -0.15) is 0 Å². The lowest BCUT2D eigenvalue weighted by Crippen LogP contribution is -2.48. The maximum absolute atomic E-state index is 11.8. The molecule has 4 heteroatoms. The number of hydrogen-bond donors (Lipinski definition) is 0. The van der Waals surface area contributed by atoms with Gasteiger partial charge in [0.05, 0.1) is 19.3 Å². The van der Waals surface area contributed by atoms with Gasteiger partial charge in [0.25, 0.3) is 0 Å². The van der Waals surface area contributed by atoms with E-state index in [1.807, 2.05) is 30.8 Å². The van der Waals surface area contributed by atoms with Crippen molar-refractivity contribution in [3.05, 3.63) is 0 Å². The summed E-state index contributed by atoms with van der Waals surface area (Å²) in [5.41, 5.74) is 0. The van der Waals surface area contributed by atoms with E-state index in [2.05, 4.69) is 0 Å². The molecule has 4 nitrogen and oxygen atoms in total. The molecule has 0 saturated carbocycles. The lowest BCUT2D eigenvalue weighted by molar-refractivity contribution is -0.139. The van der Waals surface area contributed by atoms with Crippen LogP contribution < -0.4 is 0 Å². The van der Waals surface area contributed by atoms with Gasteiger partial charge >= 0.3 is 0 Å². The number of carbonyl (C=O) groups is 1. The Morgan fingerprint density at radius 1 is 1.38 bits per heavy atom. The number of hydrogen-bond acceptors (Lipinski definition) is 3. The monoisotopic (exact) mass is 186 g/mol. The third-order valence-corrected chi connectivity index (χ3v) is 2.45. The molecule has 76 valence electrons. The highest BCUT2D eigenvalue weighted by Gasteiger charge is 2.23. The van der Waals surface area contributed by atoms with Gasteiger partial charge < -0.3 is 9.64 Å². The van der Waals surface area contributed by atoms with E-state index in [4.69, 9.17) is 4.74 Å². The topological polar surface area (TPSA) is 32.8 Å². The van der Waals surface area contributed by atoms with Crippen molar-refractivity contribution in [1.82, 2.24) is 9.80 Å². The fraction of sp³-hybridized carbons (Fsp3) is 0.889. The van der Waals surface area contributed by atoms with Crippen molar-refractivity contribution in [2.45, 2.75) is 13.0 Å². The summed E-state index contributed by atoms with van der Waals surface area (Å²) >= 11 is 0. The fourth-order valence-electron chi connectivity index (χ4n) is 1.27. The second kappa shape index (κ2) is 4.58. The molecule has 1 heterocycles. The normalized spacial score (nSPS) is 20.5. The van der Waals surface area contributed by atoms with E-state index >= 15 is 0 Å². The number of rotatable bonds is 2. The van der Waals surface area contributed by atoms with Gasteiger partial charge in [0.15, 0.2) is 0 Å². The van der Waals surface area contributed by atoms with Gasteiger partial charge in [-0.1, -0.05) is 0 Å². The Morgan fingerprint density at radius 2 is 1.92 bits per heavy atom. The van der Waals surface area contributed by atoms with Gasteiger partial charge in [-0.15, -0.1) is 0 Å². The summed E-state index contributed by atoms with van der Waals surface area (Å²) < 4.78 is 5.18. The highest BCUT2D eigenvalue weighted by atomic mass is 16.5. The molecule has 0 unspecified atom stereocenters. The molecule has 0 aromatic rings. The number of morpholine rings is 1. The largest absolute Gasteiger partial charge is 0.378 e. The van der Waals surface area contributed by atoms with Crippen LogP contribution in [0.1, 0.15) is 6.92 Å². The standard InChI is InChI=1S/C9H18N2O2/c1-8(10(2)3)9(12)11-4-6-13-7-5-11/h8H,4-7H2,1-3H3/t8-/m0/s1. The molecule has 13 heavy (non-hydrogen) atoms. The molecular weight excluding hydrogens is 168 g/mol. The highest BCUT2D eigenvalue weighted by Crippen LogP contribution is 2.03. The summed E-state index contributed by atoms with van der Waals surface area (Å²) in [6, 6.07) is -0.0295. The molecule has 0 radical (unpaired) electrons. The van der Waals surface area contributed by atoms with Crippen LogP contribution in [0.5, 0.6) is 0 Å². The van der Waals surface area contributed by atoms with Crippen LogP contribution in [0, 0.1) is 0 Å². The Hall–Kier alpha value is -0.610. The fourth-order valence-corrected chi connectivity index (χ4v) is 1.27. The third-order valence-electron chi connectivity index (χ3n) is 2.45. The minimum absolute atomic E-state index is 0.0295. The first-order valence-corrected chi connectivity index (χ1v) is 4.66. The van der Waals surface area contributed by atoms with Gasteiger partial charge in [0.2, 0.25) is 5.91 Å². The number of ether oxygens (including phenoxy) is 1. The van der Waals surface area contributed by atoms with E-state index in [-0.39, 0.29) is 11.9 Å². The number of nitrogens with zero attached hydrogens (tertiary/aromatic N) is 2. The summed E-state index contributed by atoms with van der Waals surface area (Å²) in [5, 5.41) is 0. The molecule has 0 aromatic heterocycles. The minimum Gasteiger partial charge on any atom is -0.378 e. The second-order valence-electron chi connectivity index (χ2n) is 3.58. The van der Waals surface area contributed by atoms with Gasteiger partial charge in [-0.05, 0) is 21.0 Å². The van der Waals surface area contributed by atoms with E-state index in [1.54, 1.807) is 0 Å². The van der Waals surface area contributed by atoms with E-state index in [1.165, 1.54) is 0 Å². The van der Waals surface area contributed by atoms with Crippen molar-refractivity contribution in [2.75, 3.05) is 40.4 Å². The molecule has 1 saturated heterocycles. The van der Waals surface area contributed by atoms with Gasteiger partial charge in [0, 0.05) is 13.1 Å². The first-order chi connectivity index (χ1) is 6.13. The van der Waals surface area contributed by atoms with Crippen molar-refractivity contribution in [2.24, 2.45) is 0 Å². The predicted molar refractivity (Wildman–Crippen MR) is 50.5 cm³/mol. The molecule has 1 aliphatic heterocycles. The molecular formula is C9H18N2O2. The SMILES string of the molecule is C[C@@H](C(=O)N1CCOCC1)N(C)C. The van der Waals surface area contributed by atoms with Crippen LogP contribution in [0.15, 0.2) is 0 Å². The third kappa shape index (κ3) is 2.67. The Labute approximate surface area is 79.4 Å². The average Bonchev–Trinajstić information content (AvgIpc) is 2.17. The molecule has 0 aliphatic carbocycles. The van der Waals surface area contributed by atoms with E-state index < -0.39 is 0 Å². The summed E-state index contributed by atoms with van der Waals surface area (Å²) in [6.07, 6.45) is 0. The maximum atomic E-state index is 11.8. The summed E-state index contributed by atoms with van der Waals surface area (Å²) in [4.78, 5) is 15.6. The van der Waals surface area contributed by atoms with Gasteiger partial charge in [0.1, 0.15) is 0 Å². The summed E-state index contributed by atoms with van der Waals surface area (Å²) in [5.74, 6) is 0.202. The second-order valence-corrected chi connectivity index (χ2v) is 3.58. The number of likely N-dealkylation sites (N-methyl/N-ethyl adjacent to an activating group) is 1. The van der Waals surface area contributed by atoms with Crippen molar-refractivity contribution in [3.8, 4) is 0 Å². The molecule has 1 rings (SSSR count). The maximum Gasteiger partial charge on any atom is 0.239 e. The zero-order valence-corrected chi connectivity index (χ0v) is 8.62. The Balaban J connectivity index is 2.45. The Bertz CT molecular complexity index is 176. The Morgan fingerprint density at radius 3 is 2.38 bits per heavy atom. The van der Waals surface area contributed by atoms with Crippen molar-refractivity contribution < 1.29 is 9.53 Å². The van der Waals surface area contributed by atoms with E-state index in [0.29, 0.717) is 13.2 Å². The Kier molecular flexibility index (Phi) is 3.69. The predicted octanol–water partition coefficient (Wildman–Crippen LogP) is -0.205. The van der Waals surface area contributed by atoms with Crippen LogP contribution in [-0.2, 0) is 9.53 Å². The zero-order chi connectivity index (χ0) is 9.84. The van der Waals surface area contributed by atoms with Gasteiger partial charge in [-0.25, -0.2) is 0 Å². The van der Waals surface area contributed by atoms with Crippen LogP contribution in [0.2, 0.25) is 0 Å². The summed E-state index contributed by atoms with van der Waals surface area (Å²) in [7, 11) is 3.84. The van der Waals surface area contributed by atoms with Crippen LogP contribution >= 0.6 is 0 Å². The van der Waals surface area contributed by atoms with E-state index in [9.17, 15) is 4.79 Å². The van der Waals surface area contributed by atoms with Gasteiger partial charge in [-0.3, -0.25) is 9.69 Å². The quantitative estimate of drug-likeness (QED) is 0.598. The van der Waals surface area contributed by atoms with Crippen molar-refractivity contribution in [1.29, 1.82) is 0 Å². The van der Waals surface area contributed by atoms with Crippen molar-refractivity contribution >= 4 is 5.91 Å². The smallest absolute Gasteiger partial charge is 0.239 e. The van der Waals surface area contributed by atoms with Crippen LogP contribution in [0.25, 0.3) is 0 Å². The van der Waals surface area contributed by atoms with Crippen molar-refractivity contribution in [3.63, 3.8) is 0 Å².